The molecule has 3 rings (SSSR count). The van der Waals surface area contributed by atoms with E-state index >= 15 is 0 Å². The lowest BCUT2D eigenvalue weighted by Gasteiger charge is -2.35. The Morgan fingerprint density at radius 3 is 1.56 bits per heavy atom. The third kappa shape index (κ3) is 4.10. The minimum atomic E-state index is -2.13. The van der Waals surface area contributed by atoms with E-state index in [0.717, 1.165) is 36.3 Å². The van der Waals surface area contributed by atoms with Gasteiger partial charge in [-0.05, 0) is 48.4 Å². The highest BCUT2D eigenvalue weighted by molar-refractivity contribution is 6.75. The lowest BCUT2D eigenvalue weighted by molar-refractivity contribution is 0.0977. The Labute approximate surface area is 194 Å². The van der Waals surface area contributed by atoms with Gasteiger partial charge < -0.3 is 8.85 Å². The molecule has 1 aliphatic carbocycles. The predicted octanol–water partition coefficient (Wildman–Crippen LogP) is 7.23. The van der Waals surface area contributed by atoms with Crippen LogP contribution >= 0.6 is 0 Å². The fourth-order valence-electron chi connectivity index (χ4n) is 4.70. The molecule has 0 fully saturated rings. The zero-order valence-corrected chi connectivity index (χ0v) is 22.3. The van der Waals surface area contributed by atoms with Gasteiger partial charge in [-0.2, -0.15) is 0 Å². The van der Waals surface area contributed by atoms with E-state index in [9.17, 15) is 9.59 Å². The van der Waals surface area contributed by atoms with Crippen LogP contribution in [0.4, 0.5) is 0 Å². The Kier molecular flexibility index (Phi) is 7.45. The second kappa shape index (κ2) is 9.75. The Hall–Kier alpha value is -2.19. The molecule has 2 aromatic rings. The van der Waals surface area contributed by atoms with Crippen LogP contribution in [0.1, 0.15) is 73.4 Å². The van der Waals surface area contributed by atoms with E-state index in [0.29, 0.717) is 33.8 Å². The summed E-state index contributed by atoms with van der Waals surface area (Å²) in [6, 6.07) is 16.5. The third-order valence-corrected chi connectivity index (χ3v) is 16.5. The molecule has 0 saturated heterocycles. The normalized spacial score (nSPS) is 13.6. The SMILES string of the molecule is CC[Si](CC)(CC)Oc1ccc2c(c1O[Si](CC)(CC)CC)C(=O)c1ccccc1C2=O. The average molecular weight is 469 g/mol. The van der Waals surface area contributed by atoms with Gasteiger partial charge in [0, 0.05) is 16.7 Å². The van der Waals surface area contributed by atoms with Crippen molar-refractivity contribution in [2.45, 2.75) is 77.8 Å². The first-order chi connectivity index (χ1) is 15.3. The van der Waals surface area contributed by atoms with Gasteiger partial charge in [0.15, 0.2) is 17.3 Å². The van der Waals surface area contributed by atoms with Gasteiger partial charge in [-0.3, -0.25) is 9.59 Å². The van der Waals surface area contributed by atoms with Crippen LogP contribution in [0.5, 0.6) is 11.5 Å². The molecule has 0 radical (unpaired) electrons. The van der Waals surface area contributed by atoms with Crippen LogP contribution in [-0.4, -0.2) is 28.2 Å². The second-order valence-electron chi connectivity index (χ2n) is 8.71. The van der Waals surface area contributed by atoms with Crippen LogP contribution in [0, 0.1) is 0 Å². The first-order valence-electron chi connectivity index (χ1n) is 12.1. The minimum absolute atomic E-state index is 0.117. The summed E-state index contributed by atoms with van der Waals surface area (Å²) in [5.74, 6) is 0.903. The zero-order chi connectivity index (χ0) is 23.5. The molecule has 4 nitrogen and oxygen atoms in total. The first-order valence-corrected chi connectivity index (χ1v) is 17.1. The summed E-state index contributed by atoms with van der Waals surface area (Å²) in [6.07, 6.45) is 0. The second-order valence-corrected chi connectivity index (χ2v) is 18.1. The van der Waals surface area contributed by atoms with E-state index in [1.54, 1.807) is 24.3 Å². The van der Waals surface area contributed by atoms with Crippen molar-refractivity contribution in [2.75, 3.05) is 0 Å². The molecule has 0 N–H and O–H groups in total. The summed E-state index contributed by atoms with van der Waals surface area (Å²) in [5, 5.41) is 0. The Balaban J connectivity index is 2.26. The molecule has 6 heteroatoms. The fraction of sp³-hybridized carbons (Fsp3) is 0.462. The number of hydrogen-bond acceptors (Lipinski definition) is 4. The van der Waals surface area contributed by atoms with Crippen molar-refractivity contribution in [3.63, 3.8) is 0 Å². The highest BCUT2D eigenvalue weighted by atomic mass is 28.4. The van der Waals surface area contributed by atoms with Crippen LogP contribution in [0.15, 0.2) is 36.4 Å². The predicted molar refractivity (Wildman–Crippen MR) is 135 cm³/mol. The first kappa shape index (κ1) is 24.5. The Morgan fingerprint density at radius 2 is 1.06 bits per heavy atom. The number of ketones is 2. The van der Waals surface area contributed by atoms with Gasteiger partial charge in [-0.15, -0.1) is 0 Å². The number of hydrogen-bond donors (Lipinski definition) is 0. The van der Waals surface area contributed by atoms with E-state index in [2.05, 4.69) is 41.5 Å². The van der Waals surface area contributed by atoms with Crippen molar-refractivity contribution in [1.82, 2.24) is 0 Å². The number of carbonyl (C=O) groups is 2. The van der Waals surface area contributed by atoms with Gasteiger partial charge in [0.25, 0.3) is 16.6 Å². The highest BCUT2D eigenvalue weighted by Gasteiger charge is 2.40. The van der Waals surface area contributed by atoms with Crippen molar-refractivity contribution in [2.24, 2.45) is 0 Å². The van der Waals surface area contributed by atoms with E-state index < -0.39 is 16.6 Å². The number of rotatable bonds is 10. The van der Waals surface area contributed by atoms with Crippen molar-refractivity contribution >= 4 is 28.2 Å². The maximum absolute atomic E-state index is 13.7. The summed E-state index contributed by atoms with van der Waals surface area (Å²) in [4.78, 5) is 27.0. The van der Waals surface area contributed by atoms with Gasteiger partial charge in [-0.25, -0.2) is 0 Å². The van der Waals surface area contributed by atoms with Crippen molar-refractivity contribution in [3.05, 3.63) is 58.7 Å². The van der Waals surface area contributed by atoms with Crippen LogP contribution in [0.3, 0.4) is 0 Å². The molecule has 32 heavy (non-hydrogen) atoms. The van der Waals surface area contributed by atoms with Gasteiger partial charge >= 0.3 is 0 Å². The molecule has 0 saturated carbocycles. The molecule has 2 aromatic carbocycles. The highest BCUT2D eigenvalue weighted by Crippen LogP contribution is 2.43. The smallest absolute Gasteiger partial charge is 0.250 e. The molecule has 0 aliphatic heterocycles. The lowest BCUT2D eigenvalue weighted by Crippen LogP contribution is -2.42. The van der Waals surface area contributed by atoms with Crippen molar-refractivity contribution in [1.29, 1.82) is 0 Å². The van der Waals surface area contributed by atoms with Crippen LogP contribution in [0.25, 0.3) is 0 Å². The molecule has 0 spiro atoms. The monoisotopic (exact) mass is 468 g/mol. The van der Waals surface area contributed by atoms with E-state index in [-0.39, 0.29) is 11.6 Å². The average Bonchev–Trinajstić information content (AvgIpc) is 2.85. The zero-order valence-electron chi connectivity index (χ0n) is 20.3. The summed E-state index contributed by atoms with van der Waals surface area (Å²) in [5.41, 5.74) is 1.74. The van der Waals surface area contributed by atoms with Gasteiger partial charge in [-0.1, -0.05) is 65.8 Å². The maximum Gasteiger partial charge on any atom is 0.250 e. The molecular weight excluding hydrogens is 432 g/mol. The molecule has 0 unspecified atom stereocenters. The topological polar surface area (TPSA) is 52.6 Å². The third-order valence-electron chi connectivity index (χ3n) is 7.52. The van der Waals surface area contributed by atoms with Gasteiger partial charge in [0.1, 0.15) is 5.75 Å². The Morgan fingerprint density at radius 1 is 0.594 bits per heavy atom. The van der Waals surface area contributed by atoms with Crippen LogP contribution < -0.4 is 8.85 Å². The van der Waals surface area contributed by atoms with Crippen molar-refractivity contribution in [3.8, 4) is 11.5 Å². The summed E-state index contributed by atoms with van der Waals surface area (Å²) >= 11 is 0. The maximum atomic E-state index is 13.7. The number of carbonyl (C=O) groups excluding carboxylic acids is 2. The van der Waals surface area contributed by atoms with Crippen molar-refractivity contribution < 1.29 is 18.4 Å². The molecule has 1 aliphatic rings. The molecular formula is C26H36O4Si2. The van der Waals surface area contributed by atoms with Gasteiger partial charge in [0.05, 0.1) is 5.56 Å². The van der Waals surface area contributed by atoms with Gasteiger partial charge in [0.2, 0.25) is 0 Å². The standard InChI is InChI=1S/C26H36O4Si2/c1-7-31(8-2,9-3)29-22-18-17-21-23(26(22)30-32(10-4,11-5)12-6)25(28)20-16-14-13-15-19(20)24(21)27/h13-18H,7-12H2,1-6H3. The van der Waals surface area contributed by atoms with E-state index in [1.807, 2.05) is 12.1 Å². The summed E-state index contributed by atoms with van der Waals surface area (Å²) in [6.45, 7) is 13.1. The molecule has 0 amide bonds. The molecule has 0 bridgehead atoms. The number of benzene rings is 2. The minimum Gasteiger partial charge on any atom is -0.541 e. The van der Waals surface area contributed by atoms with E-state index in [4.69, 9.17) is 8.85 Å². The lowest BCUT2D eigenvalue weighted by atomic mass is 9.83. The van der Waals surface area contributed by atoms with Crippen LogP contribution in [-0.2, 0) is 0 Å². The number of fused-ring (bicyclic) bond motifs is 2. The molecule has 0 heterocycles. The van der Waals surface area contributed by atoms with Crippen LogP contribution in [0.2, 0.25) is 36.3 Å². The fourth-order valence-corrected chi connectivity index (χ4v) is 9.83. The van der Waals surface area contributed by atoms with E-state index in [1.165, 1.54) is 0 Å². The Bertz CT molecular complexity index is 990. The molecule has 172 valence electrons. The molecule has 0 aromatic heterocycles. The summed E-state index contributed by atoms with van der Waals surface area (Å²) in [7, 11) is -4.14. The quantitative estimate of drug-likeness (QED) is 0.294. The molecule has 0 atom stereocenters. The largest absolute Gasteiger partial charge is 0.541 e. The summed E-state index contributed by atoms with van der Waals surface area (Å²) < 4.78 is 13.6.